The number of nitrogens with zero attached hydrogens (tertiary/aromatic N) is 1. The molecular formula is C19H20N2O2. The summed E-state index contributed by atoms with van der Waals surface area (Å²) < 4.78 is 7.05. The van der Waals surface area contributed by atoms with E-state index in [1.807, 2.05) is 60.1 Å². The Morgan fingerprint density at radius 1 is 1.04 bits per heavy atom. The molecule has 0 spiro atoms. The second-order valence-electron chi connectivity index (χ2n) is 5.52. The topological polar surface area (TPSA) is 47.0 Å². The molecule has 0 fully saturated rings. The normalized spacial score (nSPS) is 10.7. The quantitative estimate of drug-likeness (QED) is 0.798. The Morgan fingerprint density at radius 3 is 2.26 bits per heavy atom. The number of hydrogen-bond donors (Lipinski definition) is 1. The van der Waals surface area contributed by atoms with Crippen molar-refractivity contribution in [2.75, 3.05) is 7.11 Å². The first-order valence-corrected chi connectivity index (χ1v) is 7.69. The fraction of sp³-hybridized carbons (Fsp3) is 0.211. The third-order valence-corrected chi connectivity index (χ3v) is 4.00. The third-order valence-electron chi connectivity index (χ3n) is 4.00. The summed E-state index contributed by atoms with van der Waals surface area (Å²) in [6.45, 7) is 4.09. The van der Waals surface area contributed by atoms with Gasteiger partial charge in [-0.25, -0.2) is 0 Å². The van der Waals surface area contributed by atoms with Gasteiger partial charge in [0.25, 0.3) is 5.56 Å². The largest absolute Gasteiger partial charge is 0.497 e. The average Bonchev–Trinajstić information content (AvgIpc) is 2.92. The smallest absolute Gasteiger partial charge is 0.272 e. The lowest BCUT2D eigenvalue weighted by atomic mass is 10.0. The molecule has 0 bridgehead atoms. The van der Waals surface area contributed by atoms with E-state index in [1.54, 1.807) is 7.11 Å². The number of rotatable bonds is 4. The van der Waals surface area contributed by atoms with Crippen molar-refractivity contribution in [3.8, 4) is 22.6 Å². The summed E-state index contributed by atoms with van der Waals surface area (Å²) in [6, 6.07) is 15.7. The Labute approximate surface area is 135 Å². The van der Waals surface area contributed by atoms with E-state index in [0.717, 1.165) is 34.7 Å². The van der Waals surface area contributed by atoms with Crippen LogP contribution < -0.4 is 10.3 Å². The lowest BCUT2D eigenvalue weighted by Gasteiger charge is -2.09. The third kappa shape index (κ3) is 2.80. The number of hydrogen-bond acceptors (Lipinski definition) is 2. The highest BCUT2D eigenvalue weighted by Gasteiger charge is 2.16. The summed E-state index contributed by atoms with van der Waals surface area (Å²) in [5.41, 5.74) is 4.69. The average molecular weight is 308 g/mol. The number of aromatic nitrogens is 2. The predicted molar refractivity (Wildman–Crippen MR) is 92.5 cm³/mol. The van der Waals surface area contributed by atoms with Gasteiger partial charge in [-0.15, -0.1) is 0 Å². The minimum atomic E-state index is -0.0680. The second kappa shape index (κ2) is 6.16. The van der Waals surface area contributed by atoms with E-state index in [4.69, 9.17) is 4.74 Å². The molecule has 0 amide bonds. The van der Waals surface area contributed by atoms with Crippen molar-refractivity contribution in [2.45, 2.75) is 20.3 Å². The minimum absolute atomic E-state index is 0.0680. The lowest BCUT2D eigenvalue weighted by molar-refractivity contribution is 0.414. The zero-order valence-corrected chi connectivity index (χ0v) is 13.6. The van der Waals surface area contributed by atoms with Gasteiger partial charge in [0.1, 0.15) is 5.75 Å². The Hall–Kier alpha value is -2.75. The summed E-state index contributed by atoms with van der Waals surface area (Å²) in [5.74, 6) is 0.792. The van der Waals surface area contributed by atoms with Gasteiger partial charge in [-0.05, 0) is 43.2 Å². The van der Waals surface area contributed by atoms with E-state index < -0.39 is 0 Å². The molecule has 118 valence electrons. The van der Waals surface area contributed by atoms with Crippen molar-refractivity contribution in [1.82, 2.24) is 9.78 Å². The fourth-order valence-electron chi connectivity index (χ4n) is 2.77. The maximum absolute atomic E-state index is 12.5. The second-order valence-corrected chi connectivity index (χ2v) is 5.52. The highest BCUT2D eigenvalue weighted by molar-refractivity contribution is 5.66. The summed E-state index contributed by atoms with van der Waals surface area (Å²) in [4.78, 5) is 12.5. The summed E-state index contributed by atoms with van der Waals surface area (Å²) in [5, 5.41) is 2.95. The van der Waals surface area contributed by atoms with Crippen LogP contribution in [-0.2, 0) is 6.42 Å². The maximum Gasteiger partial charge on any atom is 0.272 e. The predicted octanol–water partition coefficient (Wildman–Crippen LogP) is 3.71. The molecule has 3 aromatic rings. The van der Waals surface area contributed by atoms with Crippen LogP contribution in [0.25, 0.3) is 16.8 Å². The van der Waals surface area contributed by atoms with E-state index in [-0.39, 0.29) is 5.56 Å². The van der Waals surface area contributed by atoms with Gasteiger partial charge in [-0.1, -0.05) is 36.8 Å². The molecule has 4 heteroatoms. The maximum atomic E-state index is 12.5. The SMILES string of the molecule is CCc1c(-c2ccc(C)cc2)c(=O)[nH]n1-c1ccc(OC)cc1. The van der Waals surface area contributed by atoms with Crippen molar-refractivity contribution < 1.29 is 4.74 Å². The van der Waals surface area contributed by atoms with Crippen molar-refractivity contribution in [1.29, 1.82) is 0 Å². The van der Waals surface area contributed by atoms with Gasteiger partial charge in [0.2, 0.25) is 0 Å². The zero-order chi connectivity index (χ0) is 16.4. The summed E-state index contributed by atoms with van der Waals surface area (Å²) in [6.07, 6.45) is 0.758. The standard InChI is InChI=1S/C19H20N2O2/c1-4-17-18(14-7-5-13(2)6-8-14)19(22)20-21(17)15-9-11-16(23-3)12-10-15/h5-12H,4H2,1-3H3,(H,20,22). The molecular weight excluding hydrogens is 288 g/mol. The van der Waals surface area contributed by atoms with E-state index in [2.05, 4.69) is 12.0 Å². The van der Waals surface area contributed by atoms with Crippen molar-refractivity contribution in [2.24, 2.45) is 0 Å². The number of aryl methyl sites for hydroxylation is 1. The van der Waals surface area contributed by atoms with Gasteiger partial charge in [0, 0.05) is 0 Å². The molecule has 1 heterocycles. The first-order chi connectivity index (χ1) is 11.1. The Bertz CT molecular complexity index is 856. The fourth-order valence-corrected chi connectivity index (χ4v) is 2.77. The van der Waals surface area contributed by atoms with E-state index in [0.29, 0.717) is 0 Å². The molecule has 1 aromatic heterocycles. The number of methoxy groups -OCH3 is 1. The Balaban J connectivity index is 2.14. The number of ether oxygens (including phenoxy) is 1. The molecule has 0 aliphatic carbocycles. The lowest BCUT2D eigenvalue weighted by Crippen LogP contribution is -2.05. The van der Waals surface area contributed by atoms with Crippen LogP contribution in [0.2, 0.25) is 0 Å². The molecule has 23 heavy (non-hydrogen) atoms. The van der Waals surface area contributed by atoms with Crippen LogP contribution in [-0.4, -0.2) is 16.9 Å². The van der Waals surface area contributed by atoms with Gasteiger partial charge in [-0.2, -0.15) is 0 Å². The Morgan fingerprint density at radius 2 is 1.70 bits per heavy atom. The van der Waals surface area contributed by atoms with Gasteiger partial charge < -0.3 is 4.74 Å². The summed E-state index contributed by atoms with van der Waals surface area (Å²) >= 11 is 0. The zero-order valence-electron chi connectivity index (χ0n) is 13.6. The van der Waals surface area contributed by atoms with E-state index in [1.165, 1.54) is 5.56 Å². The molecule has 4 nitrogen and oxygen atoms in total. The summed E-state index contributed by atoms with van der Waals surface area (Å²) in [7, 11) is 1.64. The van der Waals surface area contributed by atoms with Crippen molar-refractivity contribution >= 4 is 0 Å². The molecule has 2 aromatic carbocycles. The van der Waals surface area contributed by atoms with Crippen LogP contribution in [0.5, 0.6) is 5.75 Å². The molecule has 0 aliphatic rings. The number of nitrogens with one attached hydrogen (secondary N) is 1. The van der Waals surface area contributed by atoms with Crippen LogP contribution in [0, 0.1) is 6.92 Å². The minimum Gasteiger partial charge on any atom is -0.497 e. The first kappa shape index (κ1) is 15.2. The molecule has 0 radical (unpaired) electrons. The van der Waals surface area contributed by atoms with Crippen molar-refractivity contribution in [3.05, 3.63) is 70.1 Å². The molecule has 0 atom stereocenters. The Kier molecular flexibility index (Phi) is 4.06. The van der Waals surface area contributed by atoms with Crippen LogP contribution in [0.1, 0.15) is 18.2 Å². The number of aromatic amines is 1. The molecule has 0 saturated carbocycles. The molecule has 0 unspecified atom stereocenters. The molecule has 3 rings (SSSR count). The van der Waals surface area contributed by atoms with Gasteiger partial charge in [-0.3, -0.25) is 14.6 Å². The van der Waals surface area contributed by atoms with Crippen molar-refractivity contribution in [3.63, 3.8) is 0 Å². The highest BCUT2D eigenvalue weighted by atomic mass is 16.5. The first-order valence-electron chi connectivity index (χ1n) is 7.69. The van der Waals surface area contributed by atoms with Crippen LogP contribution in [0.4, 0.5) is 0 Å². The molecule has 1 N–H and O–H groups in total. The van der Waals surface area contributed by atoms with Crippen LogP contribution in [0.15, 0.2) is 53.3 Å². The monoisotopic (exact) mass is 308 g/mol. The van der Waals surface area contributed by atoms with E-state index >= 15 is 0 Å². The van der Waals surface area contributed by atoms with Crippen LogP contribution >= 0.6 is 0 Å². The number of H-pyrrole nitrogens is 1. The van der Waals surface area contributed by atoms with Gasteiger partial charge in [0.05, 0.1) is 24.1 Å². The number of benzene rings is 2. The molecule has 0 saturated heterocycles. The van der Waals surface area contributed by atoms with Gasteiger partial charge in [0.15, 0.2) is 0 Å². The van der Waals surface area contributed by atoms with E-state index in [9.17, 15) is 4.79 Å². The van der Waals surface area contributed by atoms with Gasteiger partial charge >= 0.3 is 0 Å². The van der Waals surface area contributed by atoms with Crippen LogP contribution in [0.3, 0.4) is 0 Å². The molecule has 0 aliphatic heterocycles. The highest BCUT2D eigenvalue weighted by Crippen LogP contribution is 2.24.